The largest absolute Gasteiger partial charge is 0.367 e. The Kier molecular flexibility index (Phi) is 3.73. The van der Waals surface area contributed by atoms with Gasteiger partial charge in [-0.25, -0.2) is 15.0 Å². The molecule has 2 aromatic heterocycles. The Hall–Kier alpha value is -2.54. The van der Waals surface area contributed by atoms with Gasteiger partial charge in [-0.15, -0.1) is 0 Å². The Bertz CT molecular complexity index is 957. The van der Waals surface area contributed by atoms with Crippen LogP contribution in [0.25, 0.3) is 11.2 Å². The Balaban J connectivity index is 1.81. The second-order valence-corrected chi connectivity index (χ2v) is 6.75. The maximum atomic E-state index is 11.8. The first-order valence-electron chi connectivity index (χ1n) is 8.25. The van der Waals surface area contributed by atoms with Gasteiger partial charge in [-0.05, 0) is 33.6 Å². The summed E-state index contributed by atoms with van der Waals surface area (Å²) >= 11 is 0. The lowest BCUT2D eigenvalue weighted by Crippen LogP contribution is -2.39. The first-order chi connectivity index (χ1) is 12.3. The summed E-state index contributed by atoms with van der Waals surface area (Å²) in [5, 5.41) is 0. The van der Waals surface area contributed by atoms with Crippen molar-refractivity contribution in [2.75, 3.05) is 0 Å². The van der Waals surface area contributed by atoms with E-state index in [1.54, 1.807) is 31.7 Å². The average Bonchev–Trinajstić information content (AvgIpc) is 3.18. The third kappa shape index (κ3) is 2.54. The van der Waals surface area contributed by atoms with Gasteiger partial charge in [-0.3, -0.25) is 9.36 Å². The van der Waals surface area contributed by atoms with Crippen LogP contribution in [-0.4, -0.2) is 49.5 Å². The van der Waals surface area contributed by atoms with Crippen LogP contribution in [0.15, 0.2) is 6.33 Å². The SMILES string of the molecule is CC#Cc1nc(C)c2ncn([C@@H]3O[C@H](C(N)=O)[C@@H]4OC(C)(C)OC43)c2n1. The number of imidazole rings is 1. The van der Waals surface area contributed by atoms with Gasteiger partial charge in [0, 0.05) is 0 Å². The molecule has 4 atom stereocenters. The predicted molar refractivity (Wildman–Crippen MR) is 89.5 cm³/mol. The number of aromatic nitrogens is 4. The lowest BCUT2D eigenvalue weighted by Gasteiger charge is -2.23. The van der Waals surface area contributed by atoms with E-state index >= 15 is 0 Å². The molecule has 136 valence electrons. The highest BCUT2D eigenvalue weighted by Gasteiger charge is 2.57. The maximum absolute atomic E-state index is 11.8. The van der Waals surface area contributed by atoms with Crippen molar-refractivity contribution in [1.82, 2.24) is 19.5 Å². The molecule has 0 aliphatic carbocycles. The van der Waals surface area contributed by atoms with Gasteiger partial charge in [0.15, 0.2) is 23.8 Å². The topological polar surface area (TPSA) is 114 Å². The number of rotatable bonds is 2. The number of nitrogens with two attached hydrogens (primary N) is 1. The number of carbonyl (C=O) groups excluding carboxylic acids is 1. The zero-order chi connectivity index (χ0) is 18.6. The van der Waals surface area contributed by atoms with Gasteiger partial charge in [0.2, 0.25) is 11.7 Å². The van der Waals surface area contributed by atoms with E-state index in [2.05, 4.69) is 26.8 Å². The Morgan fingerprint density at radius 1 is 1.31 bits per heavy atom. The monoisotopic (exact) mass is 357 g/mol. The summed E-state index contributed by atoms with van der Waals surface area (Å²) in [4.78, 5) is 25.0. The van der Waals surface area contributed by atoms with E-state index in [1.165, 1.54) is 0 Å². The number of primary amides is 1. The number of nitrogens with zero attached hydrogens (tertiary/aromatic N) is 4. The minimum Gasteiger partial charge on any atom is -0.367 e. The highest BCUT2D eigenvalue weighted by Crippen LogP contribution is 2.43. The van der Waals surface area contributed by atoms with Crippen molar-refractivity contribution in [2.45, 2.75) is 58.0 Å². The Morgan fingerprint density at radius 2 is 2.04 bits per heavy atom. The minimum absolute atomic E-state index is 0.393. The van der Waals surface area contributed by atoms with Crippen LogP contribution in [0.1, 0.15) is 38.5 Å². The van der Waals surface area contributed by atoms with Gasteiger partial charge in [0.1, 0.15) is 17.7 Å². The van der Waals surface area contributed by atoms with Gasteiger partial charge in [0.25, 0.3) is 0 Å². The predicted octanol–water partition coefficient (Wildman–Crippen LogP) is 0.409. The Morgan fingerprint density at radius 3 is 2.73 bits per heavy atom. The van der Waals surface area contributed by atoms with E-state index < -0.39 is 36.2 Å². The molecule has 2 saturated heterocycles. The highest BCUT2D eigenvalue weighted by atomic mass is 16.8. The van der Waals surface area contributed by atoms with Crippen molar-refractivity contribution < 1.29 is 19.0 Å². The van der Waals surface area contributed by atoms with Crippen LogP contribution in [0.4, 0.5) is 0 Å². The molecule has 0 radical (unpaired) electrons. The van der Waals surface area contributed by atoms with E-state index in [1.807, 2.05) is 6.92 Å². The molecule has 2 aromatic rings. The summed E-state index contributed by atoms with van der Waals surface area (Å²) in [6, 6.07) is 0. The third-order valence-corrected chi connectivity index (χ3v) is 4.42. The molecule has 9 heteroatoms. The van der Waals surface area contributed by atoms with Crippen LogP contribution in [0, 0.1) is 18.8 Å². The molecule has 0 aromatic carbocycles. The van der Waals surface area contributed by atoms with Crippen molar-refractivity contribution in [1.29, 1.82) is 0 Å². The minimum atomic E-state index is -0.915. The zero-order valence-electron chi connectivity index (χ0n) is 14.9. The fourth-order valence-corrected chi connectivity index (χ4v) is 3.44. The molecule has 26 heavy (non-hydrogen) atoms. The van der Waals surface area contributed by atoms with Crippen LogP contribution in [0.3, 0.4) is 0 Å². The molecule has 4 rings (SSSR count). The molecule has 2 aliphatic rings. The molecule has 0 bridgehead atoms. The standard InChI is InChI=1S/C17H19N5O4/c1-5-6-9-20-8(2)10-15(21-9)22(7-19-10)16-13-11(12(24-16)14(18)23)25-17(3,4)26-13/h7,11-13,16H,1-4H3,(H2,18,23)/t11-,12-,13?,16+/m0/s1. The normalized spacial score (nSPS) is 29.4. The van der Waals surface area contributed by atoms with Crippen molar-refractivity contribution in [3.63, 3.8) is 0 Å². The summed E-state index contributed by atoms with van der Waals surface area (Å²) in [5.41, 5.74) is 7.38. The average molecular weight is 357 g/mol. The van der Waals surface area contributed by atoms with Gasteiger partial charge >= 0.3 is 0 Å². The van der Waals surface area contributed by atoms with Crippen molar-refractivity contribution in [2.24, 2.45) is 5.73 Å². The highest BCUT2D eigenvalue weighted by molar-refractivity contribution is 5.80. The van der Waals surface area contributed by atoms with Crippen LogP contribution in [0.5, 0.6) is 0 Å². The van der Waals surface area contributed by atoms with E-state index in [-0.39, 0.29) is 0 Å². The molecule has 1 amide bonds. The summed E-state index contributed by atoms with van der Waals surface area (Å²) in [6.45, 7) is 7.13. The summed E-state index contributed by atoms with van der Waals surface area (Å²) in [5.74, 6) is 4.59. The number of fused-ring (bicyclic) bond motifs is 2. The molecular weight excluding hydrogens is 338 g/mol. The summed E-state index contributed by atoms with van der Waals surface area (Å²) in [6.07, 6.45) is -1.09. The van der Waals surface area contributed by atoms with Crippen LogP contribution < -0.4 is 5.73 Å². The zero-order valence-corrected chi connectivity index (χ0v) is 14.9. The molecule has 2 N–H and O–H groups in total. The lowest BCUT2D eigenvalue weighted by atomic mass is 10.1. The Labute approximate surface area is 149 Å². The lowest BCUT2D eigenvalue weighted by molar-refractivity contribution is -0.196. The number of amides is 1. The fraction of sp³-hybridized carbons (Fsp3) is 0.529. The quantitative estimate of drug-likeness (QED) is 0.774. The number of carbonyl (C=O) groups is 1. The van der Waals surface area contributed by atoms with E-state index in [0.717, 1.165) is 0 Å². The molecular formula is C17H19N5O4. The number of hydrogen-bond acceptors (Lipinski definition) is 7. The maximum Gasteiger partial charge on any atom is 0.249 e. The molecule has 0 saturated carbocycles. The van der Waals surface area contributed by atoms with Crippen LogP contribution in [0.2, 0.25) is 0 Å². The first-order valence-corrected chi connectivity index (χ1v) is 8.25. The third-order valence-electron chi connectivity index (χ3n) is 4.42. The van der Waals surface area contributed by atoms with Gasteiger partial charge < -0.3 is 19.9 Å². The summed E-state index contributed by atoms with van der Waals surface area (Å²) < 4.78 is 19.4. The summed E-state index contributed by atoms with van der Waals surface area (Å²) in [7, 11) is 0. The molecule has 2 fully saturated rings. The first kappa shape index (κ1) is 16.9. The number of aryl methyl sites for hydroxylation is 1. The van der Waals surface area contributed by atoms with Gasteiger partial charge in [-0.1, -0.05) is 5.92 Å². The van der Waals surface area contributed by atoms with Gasteiger partial charge in [0.05, 0.1) is 12.0 Å². The number of hydrogen-bond donors (Lipinski definition) is 1. The van der Waals surface area contributed by atoms with Crippen molar-refractivity contribution in [3.8, 4) is 11.8 Å². The molecule has 1 unspecified atom stereocenters. The molecule has 4 heterocycles. The van der Waals surface area contributed by atoms with E-state index in [4.69, 9.17) is 19.9 Å². The second kappa shape index (κ2) is 5.74. The van der Waals surface area contributed by atoms with Crippen molar-refractivity contribution >= 4 is 17.1 Å². The van der Waals surface area contributed by atoms with Crippen molar-refractivity contribution in [3.05, 3.63) is 17.8 Å². The van der Waals surface area contributed by atoms with E-state index in [9.17, 15) is 4.79 Å². The van der Waals surface area contributed by atoms with Crippen LogP contribution in [-0.2, 0) is 19.0 Å². The smallest absolute Gasteiger partial charge is 0.249 e. The van der Waals surface area contributed by atoms with Crippen LogP contribution >= 0.6 is 0 Å². The molecule has 0 spiro atoms. The molecule has 2 aliphatic heterocycles. The second-order valence-electron chi connectivity index (χ2n) is 6.75. The molecule has 9 nitrogen and oxygen atoms in total. The van der Waals surface area contributed by atoms with E-state index in [0.29, 0.717) is 22.7 Å². The fourth-order valence-electron chi connectivity index (χ4n) is 3.44. The number of ether oxygens (including phenoxy) is 3. The van der Waals surface area contributed by atoms with Gasteiger partial charge in [-0.2, -0.15) is 0 Å².